The molecule has 1 unspecified atom stereocenters. The highest BCUT2D eigenvalue weighted by Gasteiger charge is 2.19. The number of ether oxygens (including phenoxy) is 3. The lowest BCUT2D eigenvalue weighted by Gasteiger charge is -2.18. The predicted octanol–water partition coefficient (Wildman–Crippen LogP) is 22.6. The molecule has 446 valence electrons. The van der Waals surface area contributed by atoms with Crippen molar-refractivity contribution in [3.05, 3.63) is 109 Å². The molecule has 0 rings (SSSR count). The van der Waals surface area contributed by atoms with E-state index < -0.39 is 6.10 Å². The number of carbonyl (C=O) groups is 3. The fraction of sp³-hybridized carbons (Fsp3) is 0.708. The first kappa shape index (κ1) is 74.1. The molecule has 0 saturated heterocycles. The maximum atomic E-state index is 12.9. The lowest BCUT2D eigenvalue weighted by Crippen LogP contribution is -2.30. The van der Waals surface area contributed by atoms with E-state index in [1.165, 1.54) is 148 Å². The zero-order valence-electron chi connectivity index (χ0n) is 51.2. The van der Waals surface area contributed by atoms with Gasteiger partial charge in [-0.1, -0.05) is 297 Å². The first-order chi connectivity index (χ1) is 38.5. The van der Waals surface area contributed by atoms with E-state index in [2.05, 4.69) is 130 Å². The van der Waals surface area contributed by atoms with Crippen LogP contribution in [0.1, 0.15) is 310 Å². The third kappa shape index (κ3) is 62.9. The second kappa shape index (κ2) is 65.6. The van der Waals surface area contributed by atoms with E-state index in [0.717, 1.165) is 122 Å². The van der Waals surface area contributed by atoms with Crippen LogP contribution >= 0.6 is 0 Å². The number of hydrogen-bond donors (Lipinski definition) is 0. The van der Waals surface area contributed by atoms with Crippen LogP contribution in [-0.4, -0.2) is 37.2 Å². The van der Waals surface area contributed by atoms with Gasteiger partial charge in [-0.25, -0.2) is 0 Å². The Labute approximate surface area is 482 Å². The summed E-state index contributed by atoms with van der Waals surface area (Å²) >= 11 is 0. The molecule has 0 heterocycles. The standard InChI is InChI=1S/C72H122O6/c1-4-7-10-13-16-18-20-22-24-26-28-30-32-33-34-35-36-37-38-39-41-42-44-46-48-50-52-54-56-59-62-65-71(74)77-68-69(67-76-70(73)64-61-58-15-12-9-6-3)78-72(75)66-63-60-57-55-53-51-49-47-45-43-40-31-29-27-25-23-21-19-17-14-11-8-5-2/h7-8,10-11,16-19,22-25,28-31,43,45,69H,4-6,9,12-15,20-21,26-27,32-42,44,46-68H2,1-3H3/b10-7-,11-8-,18-16-,19-17-,24-22-,25-23-,30-28-,31-29-,45-43-. The summed E-state index contributed by atoms with van der Waals surface area (Å²) in [4.78, 5) is 38.0. The van der Waals surface area contributed by atoms with E-state index in [4.69, 9.17) is 14.2 Å². The molecule has 0 radical (unpaired) electrons. The van der Waals surface area contributed by atoms with Crippen LogP contribution in [-0.2, 0) is 28.6 Å². The Hall–Kier alpha value is -3.93. The zero-order chi connectivity index (χ0) is 56.4. The number of carbonyl (C=O) groups excluding carboxylic acids is 3. The average molecular weight is 1080 g/mol. The third-order valence-corrected chi connectivity index (χ3v) is 14.0. The highest BCUT2D eigenvalue weighted by atomic mass is 16.6. The molecule has 0 aliphatic rings. The summed E-state index contributed by atoms with van der Waals surface area (Å²) in [7, 11) is 0. The van der Waals surface area contributed by atoms with Crippen molar-refractivity contribution in [2.24, 2.45) is 0 Å². The highest BCUT2D eigenvalue weighted by molar-refractivity contribution is 5.71. The van der Waals surface area contributed by atoms with Crippen LogP contribution < -0.4 is 0 Å². The fourth-order valence-corrected chi connectivity index (χ4v) is 9.17. The number of hydrogen-bond acceptors (Lipinski definition) is 6. The molecule has 6 nitrogen and oxygen atoms in total. The maximum absolute atomic E-state index is 12.9. The van der Waals surface area contributed by atoms with Gasteiger partial charge in [-0.05, 0) is 103 Å². The molecule has 0 aromatic heterocycles. The van der Waals surface area contributed by atoms with Gasteiger partial charge in [0, 0.05) is 19.3 Å². The fourth-order valence-electron chi connectivity index (χ4n) is 9.17. The summed E-state index contributed by atoms with van der Waals surface area (Å²) in [6.07, 6.45) is 90.0. The number of unbranched alkanes of at least 4 members (excludes halogenated alkanes) is 30. The van der Waals surface area contributed by atoms with Gasteiger partial charge in [-0.15, -0.1) is 0 Å². The van der Waals surface area contributed by atoms with E-state index in [1.54, 1.807) is 0 Å². The molecule has 6 heteroatoms. The second-order valence-corrected chi connectivity index (χ2v) is 21.6. The van der Waals surface area contributed by atoms with Gasteiger partial charge in [0.25, 0.3) is 0 Å². The van der Waals surface area contributed by atoms with Gasteiger partial charge in [-0.2, -0.15) is 0 Å². The van der Waals surface area contributed by atoms with Gasteiger partial charge in [0.1, 0.15) is 13.2 Å². The Kier molecular flexibility index (Phi) is 62.3. The molecule has 0 saturated carbocycles. The molecule has 0 bridgehead atoms. The van der Waals surface area contributed by atoms with Crippen molar-refractivity contribution in [1.82, 2.24) is 0 Å². The largest absolute Gasteiger partial charge is 0.462 e. The Morgan fingerprint density at radius 1 is 0.269 bits per heavy atom. The molecule has 0 spiro atoms. The van der Waals surface area contributed by atoms with Crippen LogP contribution in [0.15, 0.2) is 109 Å². The van der Waals surface area contributed by atoms with E-state index in [9.17, 15) is 14.4 Å². The van der Waals surface area contributed by atoms with E-state index >= 15 is 0 Å². The van der Waals surface area contributed by atoms with Crippen molar-refractivity contribution >= 4 is 17.9 Å². The topological polar surface area (TPSA) is 78.9 Å². The number of allylic oxidation sites excluding steroid dienone is 18. The smallest absolute Gasteiger partial charge is 0.306 e. The molecule has 0 N–H and O–H groups in total. The lowest BCUT2D eigenvalue weighted by atomic mass is 10.0. The minimum Gasteiger partial charge on any atom is -0.462 e. The van der Waals surface area contributed by atoms with Crippen LogP contribution in [0.2, 0.25) is 0 Å². The molecule has 78 heavy (non-hydrogen) atoms. The Morgan fingerprint density at radius 2 is 0.500 bits per heavy atom. The quantitative estimate of drug-likeness (QED) is 0.0261. The third-order valence-electron chi connectivity index (χ3n) is 14.0. The molecule has 0 fully saturated rings. The molecule has 0 aliphatic carbocycles. The summed E-state index contributed by atoms with van der Waals surface area (Å²) in [5.41, 5.74) is 0. The summed E-state index contributed by atoms with van der Waals surface area (Å²) in [6.45, 7) is 6.37. The van der Waals surface area contributed by atoms with Gasteiger partial charge >= 0.3 is 17.9 Å². The highest BCUT2D eigenvalue weighted by Crippen LogP contribution is 2.17. The average Bonchev–Trinajstić information content (AvgIpc) is 3.44. The monoisotopic (exact) mass is 1080 g/mol. The Bertz CT molecular complexity index is 1570. The van der Waals surface area contributed by atoms with E-state index in [0.29, 0.717) is 19.3 Å². The van der Waals surface area contributed by atoms with Crippen LogP contribution in [0.3, 0.4) is 0 Å². The number of esters is 3. The van der Waals surface area contributed by atoms with E-state index in [1.807, 2.05) is 0 Å². The van der Waals surface area contributed by atoms with E-state index in [-0.39, 0.29) is 31.1 Å². The molecule has 0 aromatic rings. The maximum Gasteiger partial charge on any atom is 0.306 e. The number of rotatable bonds is 59. The molecule has 0 amide bonds. The SMILES string of the molecule is CC/C=C\C/C=C\C/C=C\C/C=C\C/C=C\CCCCCCCCCC(=O)OC(COC(=O)CCCCCCCC)COC(=O)CCCCCCCCCCCCCCCCCCCC/C=C\C/C=C\C/C=C\C/C=C\CC. The second-order valence-electron chi connectivity index (χ2n) is 21.6. The predicted molar refractivity (Wildman–Crippen MR) is 339 cm³/mol. The minimum absolute atomic E-state index is 0.0803. The lowest BCUT2D eigenvalue weighted by molar-refractivity contribution is -0.167. The summed E-state index contributed by atoms with van der Waals surface area (Å²) in [6, 6.07) is 0. The Morgan fingerprint density at radius 3 is 0.782 bits per heavy atom. The van der Waals surface area contributed by atoms with Crippen molar-refractivity contribution < 1.29 is 28.6 Å². The normalized spacial score (nSPS) is 12.8. The molecular weight excluding hydrogens is 961 g/mol. The first-order valence-electron chi connectivity index (χ1n) is 32.9. The van der Waals surface area contributed by atoms with Crippen molar-refractivity contribution in [2.45, 2.75) is 316 Å². The molecule has 0 aromatic carbocycles. The molecule has 1 atom stereocenters. The first-order valence-corrected chi connectivity index (χ1v) is 32.9. The van der Waals surface area contributed by atoms with Crippen LogP contribution in [0.25, 0.3) is 0 Å². The van der Waals surface area contributed by atoms with Crippen molar-refractivity contribution in [1.29, 1.82) is 0 Å². The van der Waals surface area contributed by atoms with Crippen LogP contribution in [0.4, 0.5) is 0 Å². The summed E-state index contributed by atoms with van der Waals surface area (Å²) < 4.78 is 16.8. The Balaban J connectivity index is 4.05. The van der Waals surface area contributed by atoms with Gasteiger partial charge in [-0.3, -0.25) is 14.4 Å². The zero-order valence-corrected chi connectivity index (χ0v) is 51.2. The van der Waals surface area contributed by atoms with Gasteiger partial charge in [0.15, 0.2) is 6.10 Å². The van der Waals surface area contributed by atoms with Gasteiger partial charge in [0.2, 0.25) is 0 Å². The van der Waals surface area contributed by atoms with Crippen molar-refractivity contribution in [3.63, 3.8) is 0 Å². The molecule has 0 aliphatic heterocycles. The van der Waals surface area contributed by atoms with Gasteiger partial charge in [0.05, 0.1) is 0 Å². The molecular formula is C72H122O6. The summed E-state index contributed by atoms with van der Waals surface area (Å²) in [5, 5.41) is 0. The summed E-state index contributed by atoms with van der Waals surface area (Å²) in [5.74, 6) is -0.892. The van der Waals surface area contributed by atoms with Crippen LogP contribution in [0.5, 0.6) is 0 Å². The minimum atomic E-state index is -0.781. The van der Waals surface area contributed by atoms with Crippen molar-refractivity contribution in [3.8, 4) is 0 Å². The van der Waals surface area contributed by atoms with Crippen molar-refractivity contribution in [2.75, 3.05) is 13.2 Å². The van der Waals surface area contributed by atoms with Crippen LogP contribution in [0, 0.1) is 0 Å². The van der Waals surface area contributed by atoms with Gasteiger partial charge < -0.3 is 14.2 Å².